The van der Waals surface area contributed by atoms with Crippen LogP contribution in [0.3, 0.4) is 0 Å². The lowest BCUT2D eigenvalue weighted by Gasteiger charge is -2.28. The number of hydrogen-bond donors (Lipinski definition) is 2. The molecule has 12 heteroatoms. The Morgan fingerprint density at radius 3 is 2.37 bits per heavy atom. The van der Waals surface area contributed by atoms with Crippen molar-refractivity contribution in [2.24, 2.45) is 0 Å². The van der Waals surface area contributed by atoms with E-state index >= 15 is 0 Å². The van der Waals surface area contributed by atoms with Crippen LogP contribution >= 0.6 is 0 Å². The van der Waals surface area contributed by atoms with Crippen molar-refractivity contribution in [2.45, 2.75) is 57.7 Å². The van der Waals surface area contributed by atoms with Crippen molar-refractivity contribution < 1.29 is 28.8 Å². The summed E-state index contributed by atoms with van der Waals surface area (Å²) in [5.74, 6) is 0.122. The highest BCUT2D eigenvalue weighted by Gasteiger charge is 2.51. The van der Waals surface area contributed by atoms with Gasteiger partial charge in [-0.2, -0.15) is 0 Å². The molecule has 0 saturated carbocycles. The summed E-state index contributed by atoms with van der Waals surface area (Å²) < 4.78 is 5.49. The molecular weight excluding hydrogens is 588 g/mol. The first kappa shape index (κ1) is 32.4. The number of carbonyl (C=O) groups is 4. The minimum atomic E-state index is -0.715. The monoisotopic (exact) mass is 628 g/mol. The van der Waals surface area contributed by atoms with E-state index < -0.39 is 29.0 Å². The molecule has 2 aliphatic rings. The van der Waals surface area contributed by atoms with Gasteiger partial charge in [-0.15, -0.1) is 0 Å². The number of hydroxylamine groups is 2. The van der Waals surface area contributed by atoms with Gasteiger partial charge in [0, 0.05) is 44.6 Å². The zero-order chi connectivity index (χ0) is 33.2. The Morgan fingerprint density at radius 2 is 1.67 bits per heavy atom. The third kappa shape index (κ3) is 6.81. The summed E-state index contributed by atoms with van der Waals surface area (Å²) in [6.45, 7) is 5.49. The molecule has 1 aromatic heterocycles. The van der Waals surface area contributed by atoms with Gasteiger partial charge in [-0.05, 0) is 74.1 Å². The fourth-order valence-electron chi connectivity index (χ4n) is 5.92. The maximum Gasteiger partial charge on any atom is 0.410 e. The molecule has 2 heterocycles. The van der Waals surface area contributed by atoms with Crippen LogP contribution in [-0.2, 0) is 50.5 Å². The first-order valence-corrected chi connectivity index (χ1v) is 15.1. The predicted molar refractivity (Wildman–Crippen MR) is 172 cm³/mol. The van der Waals surface area contributed by atoms with Gasteiger partial charge in [-0.3, -0.25) is 14.4 Å². The van der Waals surface area contributed by atoms with Gasteiger partial charge < -0.3 is 25.2 Å². The van der Waals surface area contributed by atoms with Gasteiger partial charge in [0.1, 0.15) is 18.0 Å². The average molecular weight is 629 g/mol. The van der Waals surface area contributed by atoms with Gasteiger partial charge in [0.05, 0.1) is 12.5 Å². The third-order valence-corrected chi connectivity index (χ3v) is 8.20. The number of aromatic nitrogens is 1. The molecule has 242 valence electrons. The third-order valence-electron chi connectivity index (χ3n) is 8.20. The van der Waals surface area contributed by atoms with Crippen LogP contribution in [0.1, 0.15) is 48.6 Å². The van der Waals surface area contributed by atoms with E-state index in [1.54, 1.807) is 34.0 Å². The first-order valence-electron chi connectivity index (χ1n) is 15.1. The van der Waals surface area contributed by atoms with Crippen molar-refractivity contribution in [2.75, 3.05) is 38.4 Å². The molecule has 12 nitrogen and oxygen atoms in total. The van der Waals surface area contributed by atoms with Crippen molar-refractivity contribution in [3.63, 3.8) is 0 Å². The first-order chi connectivity index (χ1) is 21.8. The molecule has 1 atom stereocenters. The quantitative estimate of drug-likeness (QED) is 0.351. The molecule has 0 saturated heterocycles. The molecule has 0 bridgehead atoms. The summed E-state index contributed by atoms with van der Waals surface area (Å²) in [7, 11) is 4.49. The number of amides is 5. The summed E-state index contributed by atoms with van der Waals surface area (Å²) in [5, 5.41) is 6.88. The van der Waals surface area contributed by atoms with E-state index in [0.717, 1.165) is 32.9 Å². The zero-order valence-electron chi connectivity index (χ0n) is 27.0. The number of fused-ring (bicyclic) bond motifs is 3. The Hall–Kier alpha value is -4.97. The average Bonchev–Trinajstić information content (AvgIpc) is 3.52. The Morgan fingerprint density at radius 1 is 0.978 bits per heavy atom. The smallest absolute Gasteiger partial charge is 0.410 e. The Labute approximate surface area is 268 Å². The van der Waals surface area contributed by atoms with Crippen molar-refractivity contribution >= 4 is 35.4 Å². The van der Waals surface area contributed by atoms with Gasteiger partial charge in [-0.1, -0.05) is 36.4 Å². The van der Waals surface area contributed by atoms with Crippen LogP contribution < -0.4 is 10.6 Å². The predicted octanol–water partition coefficient (Wildman–Crippen LogP) is 4.49. The maximum absolute atomic E-state index is 13.4. The Balaban J connectivity index is 1.30. The van der Waals surface area contributed by atoms with Gasteiger partial charge in [0.2, 0.25) is 11.8 Å². The number of rotatable bonds is 8. The van der Waals surface area contributed by atoms with Crippen molar-refractivity contribution in [3.05, 3.63) is 88.6 Å². The van der Waals surface area contributed by atoms with E-state index in [2.05, 4.69) is 15.6 Å². The van der Waals surface area contributed by atoms with Crippen LogP contribution in [0, 0.1) is 0 Å². The number of nitrogens with one attached hydrogen (secondary N) is 2. The summed E-state index contributed by atoms with van der Waals surface area (Å²) in [6, 6.07) is 16.3. The maximum atomic E-state index is 13.4. The molecule has 5 rings (SSSR count). The molecule has 3 aromatic rings. The summed E-state index contributed by atoms with van der Waals surface area (Å²) >= 11 is 0. The summed E-state index contributed by atoms with van der Waals surface area (Å²) in [6.07, 6.45) is 2.24. The van der Waals surface area contributed by atoms with E-state index in [1.807, 2.05) is 54.6 Å². The fraction of sp³-hybridized carbons (Fsp3) is 0.382. The van der Waals surface area contributed by atoms with Crippen LogP contribution in [0.15, 0.2) is 60.8 Å². The number of ether oxygens (including phenoxy) is 1. The second-order valence-electron chi connectivity index (χ2n) is 12.7. The number of nitrogens with zero attached hydrogens (tertiary/aromatic N) is 4. The topological polar surface area (TPSA) is 133 Å². The van der Waals surface area contributed by atoms with E-state index in [0.29, 0.717) is 24.3 Å². The summed E-state index contributed by atoms with van der Waals surface area (Å²) in [4.78, 5) is 64.7. The molecule has 1 aliphatic carbocycles. The standard InChI is InChI=1S/C34H40N6O6/c1-33(2,3)46-32(44)38(4)19-23-10-7-8-11-24(23)20-40(31(43)39(5)45-6)21-28(41)36-26-14-13-22-17-34(18-25(22)16-26)27-12-9-15-35-29(27)37-30(34)42/h7-16H,17-21H2,1-6H3,(H,36,41)(H,35,37,42). The highest BCUT2D eigenvalue weighted by Crippen LogP contribution is 2.46. The van der Waals surface area contributed by atoms with Crippen LogP contribution in [0.5, 0.6) is 0 Å². The largest absolute Gasteiger partial charge is 0.444 e. The Bertz CT molecular complexity index is 1670. The minimum Gasteiger partial charge on any atom is -0.444 e. The Kier molecular flexibility index (Phi) is 9.02. The molecule has 2 aromatic carbocycles. The van der Waals surface area contributed by atoms with Gasteiger partial charge in [0.25, 0.3) is 0 Å². The van der Waals surface area contributed by atoms with Crippen LogP contribution in [-0.4, -0.2) is 77.1 Å². The van der Waals surface area contributed by atoms with E-state index in [4.69, 9.17) is 9.57 Å². The number of carbonyl (C=O) groups excluding carboxylic acids is 4. The van der Waals surface area contributed by atoms with Crippen LogP contribution in [0.25, 0.3) is 0 Å². The number of anilines is 2. The molecule has 0 fully saturated rings. The number of urea groups is 1. The molecular formula is C34H40N6O6. The molecule has 0 radical (unpaired) electrons. The number of benzene rings is 2. The van der Waals surface area contributed by atoms with Crippen molar-refractivity contribution in [1.29, 1.82) is 0 Å². The van der Waals surface area contributed by atoms with Crippen LogP contribution in [0.4, 0.5) is 21.1 Å². The molecule has 2 N–H and O–H groups in total. The van der Waals surface area contributed by atoms with Gasteiger partial charge in [0.15, 0.2) is 0 Å². The second kappa shape index (κ2) is 12.8. The lowest BCUT2D eigenvalue weighted by molar-refractivity contribution is -0.120. The normalized spacial score (nSPS) is 16.3. The fourth-order valence-corrected chi connectivity index (χ4v) is 5.92. The lowest BCUT2D eigenvalue weighted by Crippen LogP contribution is -2.44. The van der Waals surface area contributed by atoms with E-state index in [1.165, 1.54) is 24.0 Å². The lowest BCUT2D eigenvalue weighted by atomic mass is 9.79. The highest BCUT2D eigenvalue weighted by molar-refractivity contribution is 6.06. The van der Waals surface area contributed by atoms with Crippen molar-refractivity contribution in [3.8, 4) is 0 Å². The number of pyridine rings is 1. The molecule has 1 aliphatic heterocycles. The zero-order valence-corrected chi connectivity index (χ0v) is 27.0. The van der Waals surface area contributed by atoms with Gasteiger partial charge >= 0.3 is 12.1 Å². The SMILES string of the molecule is CON(C)C(=O)N(CC(=O)Nc1ccc2c(c1)CC1(C2)C(=O)Nc2ncccc21)Cc1ccccc1CN(C)C(=O)OC(C)(C)C. The van der Waals surface area contributed by atoms with Crippen LogP contribution in [0.2, 0.25) is 0 Å². The molecule has 1 unspecified atom stereocenters. The highest BCUT2D eigenvalue weighted by atomic mass is 16.7. The summed E-state index contributed by atoms with van der Waals surface area (Å²) in [5.41, 5.74) is 3.67. The van der Waals surface area contributed by atoms with Gasteiger partial charge in [-0.25, -0.2) is 19.6 Å². The minimum absolute atomic E-state index is 0.0722. The molecule has 5 amide bonds. The van der Waals surface area contributed by atoms with E-state index in [9.17, 15) is 19.2 Å². The van der Waals surface area contributed by atoms with E-state index in [-0.39, 0.29) is 25.5 Å². The van der Waals surface area contributed by atoms with Crippen molar-refractivity contribution in [1.82, 2.24) is 19.8 Å². The molecule has 46 heavy (non-hydrogen) atoms. The second-order valence-corrected chi connectivity index (χ2v) is 12.7. The molecule has 1 spiro atoms. The number of hydrogen-bond acceptors (Lipinski definition) is 7.